The summed E-state index contributed by atoms with van der Waals surface area (Å²) in [4.78, 5) is 0. The Balaban J connectivity index is 2.99. The molecule has 1 rings (SSSR count). The van der Waals surface area contributed by atoms with Crippen molar-refractivity contribution in [3.63, 3.8) is 0 Å². The standard InChI is InChI=1S/C7H8FN/c8-7-3-1-6(5-9)2-4-7/h1-4H,5,9H2/i5D2. The van der Waals surface area contributed by atoms with Crippen LogP contribution in [0.2, 0.25) is 0 Å². The van der Waals surface area contributed by atoms with Gasteiger partial charge >= 0.3 is 0 Å². The molecule has 0 spiro atoms. The molecule has 0 saturated heterocycles. The highest BCUT2D eigenvalue weighted by molar-refractivity contribution is 5.15. The SMILES string of the molecule is [2H]C([2H])(N)c1ccc(F)cc1. The highest BCUT2D eigenvalue weighted by Gasteiger charge is 1.87. The third kappa shape index (κ3) is 1.50. The molecule has 0 aliphatic rings. The molecule has 0 heterocycles. The molecule has 0 fully saturated rings. The molecule has 0 bridgehead atoms. The molecule has 9 heavy (non-hydrogen) atoms. The molecular weight excluding hydrogens is 117 g/mol. The Kier molecular flexibility index (Phi) is 1.16. The third-order valence-electron chi connectivity index (χ3n) is 1.01. The summed E-state index contributed by atoms with van der Waals surface area (Å²) in [5.74, 6) is -0.391. The fourth-order valence-electron chi connectivity index (χ4n) is 0.546. The largest absolute Gasteiger partial charge is 0.326 e. The maximum atomic E-state index is 12.3. The van der Waals surface area contributed by atoms with Gasteiger partial charge in [-0.1, -0.05) is 12.1 Å². The Hall–Kier alpha value is -0.890. The van der Waals surface area contributed by atoms with Gasteiger partial charge in [-0.2, -0.15) is 0 Å². The summed E-state index contributed by atoms with van der Waals surface area (Å²) < 4.78 is 26.4. The average Bonchev–Trinajstić information content (AvgIpc) is 1.86. The van der Waals surface area contributed by atoms with Gasteiger partial charge in [0.2, 0.25) is 0 Å². The quantitative estimate of drug-likeness (QED) is 0.604. The molecule has 0 unspecified atom stereocenters. The van der Waals surface area contributed by atoms with E-state index in [9.17, 15) is 4.39 Å². The molecule has 1 aromatic carbocycles. The molecule has 0 atom stereocenters. The monoisotopic (exact) mass is 127 g/mol. The van der Waals surface area contributed by atoms with Crippen molar-refractivity contribution < 1.29 is 7.13 Å². The molecule has 48 valence electrons. The molecule has 0 saturated carbocycles. The van der Waals surface area contributed by atoms with E-state index in [1.54, 1.807) is 0 Å². The maximum absolute atomic E-state index is 12.3. The van der Waals surface area contributed by atoms with E-state index in [2.05, 4.69) is 0 Å². The molecular formula is C7H8FN. The predicted molar refractivity (Wildman–Crippen MR) is 34.3 cm³/mol. The van der Waals surface area contributed by atoms with Crippen LogP contribution in [0.25, 0.3) is 0 Å². The van der Waals surface area contributed by atoms with Crippen molar-refractivity contribution in [1.29, 1.82) is 0 Å². The highest BCUT2D eigenvalue weighted by Crippen LogP contribution is 2.00. The Morgan fingerprint density at radius 2 is 2.00 bits per heavy atom. The van der Waals surface area contributed by atoms with Gasteiger partial charge in [-0.3, -0.25) is 0 Å². The first-order valence-corrected chi connectivity index (χ1v) is 2.55. The normalized spacial score (nSPS) is 14.4. The van der Waals surface area contributed by atoms with Crippen molar-refractivity contribution in [3.8, 4) is 0 Å². The maximum Gasteiger partial charge on any atom is 0.123 e. The lowest BCUT2D eigenvalue weighted by Crippen LogP contribution is -1.94. The second kappa shape index (κ2) is 2.60. The van der Waals surface area contributed by atoms with Crippen LogP contribution in [0.4, 0.5) is 4.39 Å². The van der Waals surface area contributed by atoms with Gasteiger partial charge in [0.1, 0.15) is 5.82 Å². The zero-order valence-electron chi connectivity index (χ0n) is 6.76. The lowest BCUT2D eigenvalue weighted by Gasteiger charge is -1.92. The Morgan fingerprint density at radius 1 is 1.44 bits per heavy atom. The summed E-state index contributed by atoms with van der Waals surface area (Å²) in [6, 6.07) is 5.02. The first kappa shape index (κ1) is 4.01. The van der Waals surface area contributed by atoms with Gasteiger partial charge in [0.05, 0.1) is 0 Å². The minimum Gasteiger partial charge on any atom is -0.326 e. The van der Waals surface area contributed by atoms with Crippen molar-refractivity contribution in [2.24, 2.45) is 5.73 Å². The van der Waals surface area contributed by atoms with Gasteiger partial charge < -0.3 is 5.73 Å². The van der Waals surface area contributed by atoms with Gasteiger partial charge in [0.25, 0.3) is 0 Å². The minimum absolute atomic E-state index is 0.277. The van der Waals surface area contributed by atoms with Crippen LogP contribution in [0, 0.1) is 5.82 Å². The number of hydrogen-bond donors (Lipinski definition) is 1. The summed E-state index contributed by atoms with van der Waals surface area (Å²) >= 11 is 0. The van der Waals surface area contributed by atoms with Crippen molar-refractivity contribution in [3.05, 3.63) is 35.6 Å². The molecule has 0 aliphatic carbocycles. The van der Waals surface area contributed by atoms with Crippen LogP contribution in [0.5, 0.6) is 0 Å². The van der Waals surface area contributed by atoms with E-state index >= 15 is 0 Å². The van der Waals surface area contributed by atoms with E-state index in [1.807, 2.05) is 0 Å². The number of rotatable bonds is 1. The summed E-state index contributed by atoms with van der Waals surface area (Å²) in [6.07, 6.45) is 0. The molecule has 0 amide bonds. The topological polar surface area (TPSA) is 26.0 Å². The summed E-state index contributed by atoms with van der Waals surface area (Å²) in [5, 5.41) is 0. The van der Waals surface area contributed by atoms with Gasteiger partial charge in [0.15, 0.2) is 0 Å². The van der Waals surface area contributed by atoms with Crippen molar-refractivity contribution in [2.45, 2.75) is 6.50 Å². The fraction of sp³-hybridized carbons (Fsp3) is 0.143. The lowest BCUT2D eigenvalue weighted by molar-refractivity contribution is 0.627. The smallest absolute Gasteiger partial charge is 0.123 e. The van der Waals surface area contributed by atoms with Crippen molar-refractivity contribution in [2.75, 3.05) is 0 Å². The highest BCUT2D eigenvalue weighted by atomic mass is 19.1. The number of nitrogens with two attached hydrogens (primary N) is 1. The first-order valence-electron chi connectivity index (χ1n) is 3.55. The van der Waals surface area contributed by atoms with Crippen LogP contribution in [0.15, 0.2) is 24.3 Å². The Morgan fingerprint density at radius 3 is 2.44 bits per heavy atom. The molecule has 0 aromatic heterocycles. The van der Waals surface area contributed by atoms with Crippen LogP contribution in [-0.4, -0.2) is 0 Å². The van der Waals surface area contributed by atoms with E-state index in [4.69, 9.17) is 8.48 Å². The number of hydrogen-bond acceptors (Lipinski definition) is 1. The fourth-order valence-corrected chi connectivity index (χ4v) is 0.546. The Bertz CT molecular complexity index is 240. The van der Waals surface area contributed by atoms with Crippen LogP contribution < -0.4 is 5.73 Å². The molecule has 1 aromatic rings. The summed E-state index contributed by atoms with van der Waals surface area (Å²) in [5.41, 5.74) is 5.39. The van der Waals surface area contributed by atoms with E-state index < -0.39 is 12.3 Å². The molecule has 1 nitrogen and oxygen atoms in total. The second-order valence-electron chi connectivity index (χ2n) is 1.65. The Labute approximate surface area is 56.1 Å². The van der Waals surface area contributed by atoms with Gasteiger partial charge in [-0.15, -0.1) is 0 Å². The second-order valence-corrected chi connectivity index (χ2v) is 1.65. The molecule has 2 heteroatoms. The number of benzene rings is 1. The molecule has 2 N–H and O–H groups in total. The molecule has 0 aliphatic heterocycles. The van der Waals surface area contributed by atoms with Crippen molar-refractivity contribution in [1.82, 2.24) is 0 Å². The zero-order valence-corrected chi connectivity index (χ0v) is 4.76. The van der Waals surface area contributed by atoms with Gasteiger partial charge in [-0.05, 0) is 17.7 Å². The van der Waals surface area contributed by atoms with E-state index in [0.29, 0.717) is 0 Å². The van der Waals surface area contributed by atoms with E-state index in [-0.39, 0.29) is 5.56 Å². The summed E-state index contributed by atoms with van der Waals surface area (Å²) in [6.45, 7) is -1.88. The minimum atomic E-state index is -1.88. The van der Waals surface area contributed by atoms with Crippen LogP contribution in [-0.2, 0) is 6.50 Å². The van der Waals surface area contributed by atoms with Crippen LogP contribution in [0.3, 0.4) is 0 Å². The van der Waals surface area contributed by atoms with E-state index in [0.717, 1.165) is 0 Å². The average molecular weight is 127 g/mol. The van der Waals surface area contributed by atoms with Gasteiger partial charge in [0, 0.05) is 9.24 Å². The molecule has 0 radical (unpaired) electrons. The third-order valence-corrected chi connectivity index (χ3v) is 1.01. The van der Waals surface area contributed by atoms with Crippen molar-refractivity contribution >= 4 is 0 Å². The number of halogens is 1. The lowest BCUT2D eigenvalue weighted by atomic mass is 10.2. The zero-order chi connectivity index (χ0) is 8.48. The predicted octanol–water partition coefficient (Wildman–Crippen LogP) is 1.28. The van der Waals surface area contributed by atoms with Crippen LogP contribution >= 0.6 is 0 Å². The van der Waals surface area contributed by atoms with E-state index in [1.165, 1.54) is 24.3 Å². The van der Waals surface area contributed by atoms with Gasteiger partial charge in [-0.25, -0.2) is 4.39 Å². The summed E-state index contributed by atoms with van der Waals surface area (Å²) in [7, 11) is 0. The van der Waals surface area contributed by atoms with Crippen LogP contribution in [0.1, 0.15) is 8.30 Å². The first-order chi connectivity index (χ1) is 5.00.